The van der Waals surface area contributed by atoms with Gasteiger partial charge in [0, 0.05) is 0 Å². The zero-order valence-electron chi connectivity index (χ0n) is 11.2. The molecule has 0 radical (unpaired) electrons. The predicted molar refractivity (Wildman–Crippen MR) is 75.3 cm³/mol. The first-order valence-corrected chi connectivity index (χ1v) is 7.70. The zero-order valence-corrected chi connectivity index (χ0v) is 12.0. The number of thioether (sulfide) groups is 1. The Morgan fingerprint density at radius 1 is 1.17 bits per heavy atom. The lowest BCUT2D eigenvalue weighted by Gasteiger charge is -2.05. The van der Waals surface area contributed by atoms with Crippen LogP contribution < -0.4 is 11.4 Å². The van der Waals surface area contributed by atoms with Gasteiger partial charge >= 0.3 is 0 Å². The van der Waals surface area contributed by atoms with Gasteiger partial charge in [0.05, 0.1) is 0 Å². The van der Waals surface area contributed by atoms with Crippen molar-refractivity contribution in [2.45, 2.75) is 57.0 Å². The summed E-state index contributed by atoms with van der Waals surface area (Å²) in [5.74, 6) is 5.64. The van der Waals surface area contributed by atoms with Crippen LogP contribution in [0.3, 0.4) is 0 Å². The Morgan fingerprint density at radius 2 is 1.83 bits per heavy atom. The largest absolute Gasteiger partial charge is 0.334 e. The van der Waals surface area contributed by atoms with Crippen LogP contribution in [0.15, 0.2) is 9.95 Å². The summed E-state index contributed by atoms with van der Waals surface area (Å²) in [7, 11) is 0. The van der Waals surface area contributed by atoms with Crippen molar-refractivity contribution >= 4 is 11.8 Å². The molecule has 0 spiro atoms. The van der Waals surface area contributed by atoms with Crippen molar-refractivity contribution in [3.05, 3.63) is 16.0 Å². The molecule has 18 heavy (non-hydrogen) atoms. The molecular weight excluding hydrogens is 248 g/mol. The highest BCUT2D eigenvalue weighted by Crippen LogP contribution is 2.08. The minimum atomic E-state index is -0.220. The second-order valence-electron chi connectivity index (χ2n) is 4.33. The van der Waals surface area contributed by atoms with Gasteiger partial charge in [0.25, 0.3) is 5.56 Å². The Labute approximate surface area is 112 Å². The van der Waals surface area contributed by atoms with Crippen LogP contribution in [0, 0.1) is 0 Å². The lowest BCUT2D eigenvalue weighted by Crippen LogP contribution is -2.33. The monoisotopic (exact) mass is 270 g/mol. The van der Waals surface area contributed by atoms with Crippen molar-refractivity contribution < 1.29 is 0 Å². The van der Waals surface area contributed by atoms with E-state index in [1.54, 1.807) is 0 Å². The quantitative estimate of drug-likeness (QED) is 0.444. The van der Waals surface area contributed by atoms with Crippen LogP contribution in [0.4, 0.5) is 0 Å². The van der Waals surface area contributed by atoms with Crippen molar-refractivity contribution in [2.24, 2.45) is 0 Å². The van der Waals surface area contributed by atoms with Gasteiger partial charge in [-0.1, -0.05) is 50.8 Å². The SMILES string of the molecule is CCCCCCCCc1nnc(SC)n(N)c1=O. The third-order valence-electron chi connectivity index (χ3n) is 2.88. The van der Waals surface area contributed by atoms with Crippen molar-refractivity contribution in [3.63, 3.8) is 0 Å². The van der Waals surface area contributed by atoms with E-state index in [1.807, 2.05) is 6.26 Å². The van der Waals surface area contributed by atoms with Gasteiger partial charge in [0.15, 0.2) is 0 Å². The molecule has 0 atom stereocenters. The summed E-state index contributed by atoms with van der Waals surface area (Å²) in [5.41, 5.74) is 0.258. The average molecular weight is 270 g/mol. The highest BCUT2D eigenvalue weighted by atomic mass is 32.2. The van der Waals surface area contributed by atoms with Crippen LogP contribution in [0.2, 0.25) is 0 Å². The Kier molecular flexibility index (Phi) is 6.78. The number of hydrogen-bond acceptors (Lipinski definition) is 5. The van der Waals surface area contributed by atoms with E-state index in [9.17, 15) is 4.79 Å². The van der Waals surface area contributed by atoms with E-state index in [2.05, 4.69) is 17.1 Å². The standard InChI is InChI=1S/C12H22N4OS/c1-3-4-5-6-7-8-9-10-11(17)16(13)12(18-2)15-14-10/h3-9,13H2,1-2H3. The van der Waals surface area contributed by atoms with Gasteiger partial charge in [-0.25, -0.2) is 0 Å². The van der Waals surface area contributed by atoms with Crippen LogP contribution in [0.25, 0.3) is 0 Å². The van der Waals surface area contributed by atoms with Gasteiger partial charge < -0.3 is 5.84 Å². The summed E-state index contributed by atoms with van der Waals surface area (Å²) in [4.78, 5) is 11.8. The molecule has 1 aromatic heterocycles. The predicted octanol–water partition coefficient (Wildman–Crippen LogP) is 1.98. The van der Waals surface area contributed by atoms with Crippen LogP contribution in [0.1, 0.15) is 51.1 Å². The molecule has 0 saturated carbocycles. The second-order valence-corrected chi connectivity index (χ2v) is 5.10. The third-order valence-corrected chi connectivity index (χ3v) is 3.52. The lowest BCUT2D eigenvalue weighted by atomic mass is 10.1. The van der Waals surface area contributed by atoms with Gasteiger partial charge in [-0.15, -0.1) is 10.2 Å². The van der Waals surface area contributed by atoms with Gasteiger partial charge in [-0.05, 0) is 19.1 Å². The first-order chi connectivity index (χ1) is 8.70. The second kappa shape index (κ2) is 8.13. The number of hydrogen-bond donors (Lipinski definition) is 1. The molecule has 1 rings (SSSR count). The molecule has 0 unspecified atom stereocenters. The first-order valence-electron chi connectivity index (χ1n) is 6.48. The Hall–Kier alpha value is -1.04. The number of nitrogens with two attached hydrogens (primary N) is 1. The fraction of sp³-hybridized carbons (Fsp3) is 0.750. The molecule has 0 bridgehead atoms. The number of nitrogens with zero attached hydrogens (tertiary/aromatic N) is 3. The molecule has 102 valence electrons. The summed E-state index contributed by atoms with van der Waals surface area (Å²) in [6, 6.07) is 0. The maximum Gasteiger partial charge on any atom is 0.294 e. The van der Waals surface area contributed by atoms with E-state index < -0.39 is 0 Å². The Balaban J connectivity index is 2.44. The molecule has 6 heteroatoms. The van der Waals surface area contributed by atoms with Crippen molar-refractivity contribution in [1.82, 2.24) is 14.9 Å². The van der Waals surface area contributed by atoms with Gasteiger partial charge in [0.1, 0.15) is 5.69 Å². The summed E-state index contributed by atoms with van der Waals surface area (Å²) in [5, 5.41) is 8.35. The Morgan fingerprint density at radius 3 is 2.50 bits per heavy atom. The van der Waals surface area contributed by atoms with Crippen molar-refractivity contribution in [2.75, 3.05) is 12.1 Å². The van der Waals surface area contributed by atoms with E-state index in [4.69, 9.17) is 5.84 Å². The first kappa shape index (κ1) is 15.0. The maximum absolute atomic E-state index is 11.8. The Bertz CT molecular complexity index is 419. The molecule has 0 aromatic carbocycles. The molecular formula is C12H22N4OS. The fourth-order valence-electron chi connectivity index (χ4n) is 1.79. The van der Waals surface area contributed by atoms with Crippen LogP contribution in [-0.4, -0.2) is 21.1 Å². The molecule has 0 aliphatic heterocycles. The van der Waals surface area contributed by atoms with Crippen molar-refractivity contribution in [3.8, 4) is 0 Å². The van der Waals surface area contributed by atoms with Crippen molar-refractivity contribution in [1.29, 1.82) is 0 Å². The smallest absolute Gasteiger partial charge is 0.294 e. The topological polar surface area (TPSA) is 73.8 Å². The van der Waals surface area contributed by atoms with Crippen LogP contribution >= 0.6 is 11.8 Å². The molecule has 1 aromatic rings. The van der Waals surface area contributed by atoms with Crippen LogP contribution in [-0.2, 0) is 6.42 Å². The highest BCUT2D eigenvalue weighted by molar-refractivity contribution is 7.98. The van der Waals surface area contributed by atoms with E-state index in [0.29, 0.717) is 17.3 Å². The average Bonchev–Trinajstić information content (AvgIpc) is 2.38. The molecule has 0 fully saturated rings. The van der Waals surface area contributed by atoms with E-state index in [-0.39, 0.29) is 5.56 Å². The molecule has 2 N–H and O–H groups in total. The fourth-order valence-corrected chi connectivity index (χ4v) is 2.19. The summed E-state index contributed by atoms with van der Waals surface area (Å²) in [6.07, 6.45) is 9.64. The van der Waals surface area contributed by atoms with E-state index >= 15 is 0 Å². The minimum Gasteiger partial charge on any atom is -0.334 e. The minimum absolute atomic E-state index is 0.220. The normalized spacial score (nSPS) is 10.8. The molecule has 1 heterocycles. The molecule has 0 saturated heterocycles. The maximum atomic E-state index is 11.8. The summed E-state index contributed by atoms with van der Waals surface area (Å²) in [6.45, 7) is 2.20. The van der Waals surface area contributed by atoms with Crippen LogP contribution in [0.5, 0.6) is 0 Å². The highest BCUT2D eigenvalue weighted by Gasteiger charge is 2.08. The zero-order chi connectivity index (χ0) is 13.4. The molecule has 5 nitrogen and oxygen atoms in total. The summed E-state index contributed by atoms with van der Waals surface area (Å²) >= 11 is 1.32. The summed E-state index contributed by atoms with van der Waals surface area (Å²) < 4.78 is 1.09. The number of aryl methyl sites for hydroxylation is 1. The molecule has 0 amide bonds. The number of rotatable bonds is 8. The molecule has 0 aliphatic rings. The van der Waals surface area contributed by atoms with E-state index in [1.165, 1.54) is 37.4 Å². The number of nitrogen functional groups attached to an aromatic ring is 1. The van der Waals surface area contributed by atoms with Gasteiger partial charge in [-0.3, -0.25) is 4.79 Å². The number of aromatic nitrogens is 3. The van der Waals surface area contributed by atoms with Gasteiger partial charge in [0.2, 0.25) is 5.16 Å². The number of unbranched alkanes of at least 4 members (excludes halogenated alkanes) is 5. The lowest BCUT2D eigenvalue weighted by molar-refractivity contribution is 0.589. The van der Waals surface area contributed by atoms with Gasteiger partial charge in [-0.2, -0.15) is 4.68 Å². The van der Waals surface area contributed by atoms with E-state index in [0.717, 1.165) is 17.5 Å². The molecule has 0 aliphatic carbocycles. The third kappa shape index (κ3) is 4.33.